The minimum atomic E-state index is -4.67. The van der Waals surface area contributed by atoms with Gasteiger partial charge in [-0.2, -0.15) is 8.42 Å². The van der Waals surface area contributed by atoms with Gasteiger partial charge in [-0.05, 0) is 0 Å². The molecule has 0 aromatic heterocycles. The van der Waals surface area contributed by atoms with E-state index in [1.165, 1.54) is 0 Å². The van der Waals surface area contributed by atoms with Crippen LogP contribution < -0.4 is 11.5 Å². The Kier molecular flexibility index (Phi) is 17.7. The first kappa shape index (κ1) is 34.0. The first-order valence-electron chi connectivity index (χ1n) is 7.78. The van der Waals surface area contributed by atoms with Crippen LogP contribution in [0.4, 0.5) is 0 Å². The minimum Gasteiger partial charge on any atom is -0.394 e. The van der Waals surface area contributed by atoms with Gasteiger partial charge in [0, 0.05) is 0 Å². The van der Waals surface area contributed by atoms with E-state index in [0.717, 1.165) is 0 Å². The van der Waals surface area contributed by atoms with Gasteiger partial charge in [0.05, 0.1) is 13.2 Å². The Hall–Kier alpha value is -1.59. The van der Waals surface area contributed by atoms with Crippen LogP contribution in [0.2, 0.25) is 0 Å². The molecule has 0 aliphatic rings. The van der Waals surface area contributed by atoms with E-state index < -0.39 is 84.3 Å². The van der Waals surface area contributed by atoms with E-state index in [-0.39, 0.29) is 0 Å². The summed E-state index contributed by atoms with van der Waals surface area (Å²) in [6, 6.07) is 0. The van der Waals surface area contributed by atoms with Crippen LogP contribution in [-0.4, -0.2) is 142 Å². The quantitative estimate of drug-likeness (QED) is 0.127. The van der Waals surface area contributed by atoms with E-state index >= 15 is 0 Å². The standard InChI is InChI=1S/2C6H13NO6.H2O4S/c2*7-6(13)5(12)4(11)3(10)2(9)1-8;1-5(2,3)4/h2*2-5,8-12H,1H2,(H2,7,13);(H2,1,2,3,4)/t2*2-,3-,4+,5-;/m11./s1. The van der Waals surface area contributed by atoms with Gasteiger partial charge in [0.15, 0.2) is 12.2 Å². The molecule has 0 aliphatic heterocycles. The number of carbonyl (C=O) groups is 2. The molecule has 8 atom stereocenters. The number of aliphatic hydroxyl groups is 10. The lowest BCUT2D eigenvalue weighted by molar-refractivity contribution is -0.146. The molecule has 2 amide bonds. The van der Waals surface area contributed by atoms with Gasteiger partial charge in [0.2, 0.25) is 11.8 Å². The maximum Gasteiger partial charge on any atom is 0.394 e. The lowest BCUT2D eigenvalue weighted by Crippen LogP contribution is -2.50. The molecule has 0 aliphatic carbocycles. The third-order valence-corrected chi connectivity index (χ3v) is 3.09. The van der Waals surface area contributed by atoms with Crippen molar-refractivity contribution in [3.8, 4) is 0 Å². The molecule has 0 bridgehead atoms. The number of hydrogen-bond acceptors (Lipinski definition) is 14. The van der Waals surface area contributed by atoms with Crippen LogP contribution in [0, 0.1) is 0 Å². The lowest BCUT2D eigenvalue weighted by Gasteiger charge is -2.23. The first-order valence-corrected chi connectivity index (χ1v) is 9.17. The highest BCUT2D eigenvalue weighted by Gasteiger charge is 2.33. The van der Waals surface area contributed by atoms with Crippen molar-refractivity contribution in [1.29, 1.82) is 0 Å². The number of rotatable bonds is 10. The fourth-order valence-corrected chi connectivity index (χ4v) is 1.38. The van der Waals surface area contributed by atoms with Gasteiger partial charge in [-0.1, -0.05) is 0 Å². The van der Waals surface area contributed by atoms with Crippen molar-refractivity contribution in [2.24, 2.45) is 11.5 Å². The summed E-state index contributed by atoms with van der Waals surface area (Å²) >= 11 is 0. The van der Waals surface area contributed by atoms with E-state index in [2.05, 4.69) is 11.5 Å². The van der Waals surface area contributed by atoms with Crippen molar-refractivity contribution >= 4 is 22.2 Å². The molecule has 0 aromatic carbocycles. The molecular weight excluding hydrogens is 460 g/mol. The Morgan fingerprint density at radius 3 is 0.935 bits per heavy atom. The van der Waals surface area contributed by atoms with E-state index in [0.29, 0.717) is 0 Å². The number of aliphatic hydroxyl groups excluding tert-OH is 10. The fraction of sp³-hybridized carbons (Fsp3) is 0.833. The van der Waals surface area contributed by atoms with Gasteiger partial charge < -0.3 is 62.5 Å². The molecule has 0 radical (unpaired) electrons. The molecule has 0 rings (SSSR count). The van der Waals surface area contributed by atoms with Crippen molar-refractivity contribution < 1.29 is 78.2 Å². The summed E-state index contributed by atoms with van der Waals surface area (Å²) in [5.41, 5.74) is 9.22. The molecule has 188 valence electrons. The zero-order chi connectivity index (χ0) is 25.7. The molecule has 0 aromatic rings. The lowest BCUT2D eigenvalue weighted by atomic mass is 10.0. The SMILES string of the molecule is NC(=O)[C@H](O)[C@@H](O)[C@H](O)[C@H](O)CO.NC(=O)[C@H](O)[C@@H](O)[C@H](O)[C@H](O)CO.O=S(=O)(O)O. The van der Waals surface area contributed by atoms with E-state index in [4.69, 9.17) is 68.6 Å². The van der Waals surface area contributed by atoms with Crippen LogP contribution in [0.25, 0.3) is 0 Å². The largest absolute Gasteiger partial charge is 0.394 e. The molecule has 31 heavy (non-hydrogen) atoms. The average Bonchev–Trinajstić information content (AvgIpc) is 2.67. The summed E-state index contributed by atoms with van der Waals surface area (Å²) in [6.07, 6.45) is -14.7. The van der Waals surface area contributed by atoms with Crippen molar-refractivity contribution in [2.75, 3.05) is 13.2 Å². The monoisotopic (exact) mass is 488 g/mol. The summed E-state index contributed by atoms with van der Waals surface area (Å²) < 4.78 is 31.6. The second-order valence-corrected chi connectivity index (χ2v) is 6.50. The smallest absolute Gasteiger partial charge is 0.394 e. The Labute approximate surface area is 174 Å². The Morgan fingerprint density at radius 2 is 0.806 bits per heavy atom. The van der Waals surface area contributed by atoms with Gasteiger partial charge in [-0.3, -0.25) is 18.7 Å². The molecule has 16 N–H and O–H groups in total. The first-order chi connectivity index (χ1) is 13.8. The minimum absolute atomic E-state index is 0.802. The summed E-state index contributed by atoms with van der Waals surface area (Å²) in [7, 11) is -4.67. The number of nitrogens with two attached hydrogens (primary N) is 2. The molecule has 19 heteroatoms. The third kappa shape index (κ3) is 16.7. The summed E-state index contributed by atoms with van der Waals surface area (Å²) in [4.78, 5) is 20.6. The van der Waals surface area contributed by atoms with Crippen LogP contribution in [0.1, 0.15) is 0 Å². The molecule has 0 saturated carbocycles. The molecule has 0 heterocycles. The topological polar surface area (TPSA) is 363 Å². The summed E-state index contributed by atoms with van der Waals surface area (Å²) in [6.45, 7) is -1.60. The molecule has 0 fully saturated rings. The van der Waals surface area contributed by atoms with Crippen molar-refractivity contribution in [2.45, 2.75) is 48.8 Å². The highest BCUT2D eigenvalue weighted by molar-refractivity contribution is 7.79. The Balaban J connectivity index is -0.000000416. The van der Waals surface area contributed by atoms with Gasteiger partial charge >= 0.3 is 10.4 Å². The van der Waals surface area contributed by atoms with Gasteiger partial charge in [-0.15, -0.1) is 0 Å². The molecular formula is C12H28N2O16S. The van der Waals surface area contributed by atoms with Crippen LogP contribution >= 0.6 is 0 Å². The number of amides is 2. The number of hydrogen-bond donors (Lipinski definition) is 14. The normalized spacial score (nSPS) is 19.0. The van der Waals surface area contributed by atoms with Crippen LogP contribution in [0.3, 0.4) is 0 Å². The van der Waals surface area contributed by atoms with Crippen molar-refractivity contribution in [3.63, 3.8) is 0 Å². The second kappa shape index (κ2) is 16.1. The van der Waals surface area contributed by atoms with Crippen LogP contribution in [0.15, 0.2) is 0 Å². The Bertz CT molecular complexity index is 572. The highest BCUT2D eigenvalue weighted by Crippen LogP contribution is 2.05. The number of carbonyl (C=O) groups excluding carboxylic acids is 2. The van der Waals surface area contributed by atoms with E-state index in [9.17, 15) is 9.59 Å². The maximum atomic E-state index is 10.3. The van der Waals surface area contributed by atoms with Crippen molar-refractivity contribution in [3.05, 3.63) is 0 Å². The van der Waals surface area contributed by atoms with E-state index in [1.807, 2.05) is 0 Å². The summed E-state index contributed by atoms with van der Waals surface area (Å²) in [5, 5.41) is 87.9. The predicted octanol–water partition coefficient (Wildman–Crippen LogP) is -8.84. The molecule has 0 unspecified atom stereocenters. The Morgan fingerprint density at radius 1 is 0.613 bits per heavy atom. The van der Waals surface area contributed by atoms with Gasteiger partial charge in [0.25, 0.3) is 0 Å². The van der Waals surface area contributed by atoms with Crippen LogP contribution in [-0.2, 0) is 20.0 Å². The predicted molar refractivity (Wildman–Crippen MR) is 94.8 cm³/mol. The second-order valence-electron chi connectivity index (χ2n) is 5.60. The van der Waals surface area contributed by atoms with E-state index in [1.54, 1.807) is 0 Å². The zero-order valence-corrected chi connectivity index (χ0v) is 16.4. The highest BCUT2D eigenvalue weighted by atomic mass is 32.3. The van der Waals surface area contributed by atoms with Gasteiger partial charge in [-0.25, -0.2) is 0 Å². The molecule has 0 saturated heterocycles. The van der Waals surface area contributed by atoms with Crippen molar-refractivity contribution in [1.82, 2.24) is 0 Å². The average molecular weight is 488 g/mol. The summed E-state index contributed by atoms with van der Waals surface area (Å²) in [5.74, 6) is -2.45. The maximum absolute atomic E-state index is 10.3. The van der Waals surface area contributed by atoms with Crippen LogP contribution in [0.5, 0.6) is 0 Å². The molecule has 18 nitrogen and oxygen atoms in total. The number of primary amides is 2. The fourth-order valence-electron chi connectivity index (χ4n) is 1.38. The third-order valence-electron chi connectivity index (χ3n) is 3.09. The van der Waals surface area contributed by atoms with Gasteiger partial charge in [0.1, 0.15) is 36.6 Å². The molecule has 0 spiro atoms. The zero-order valence-electron chi connectivity index (χ0n) is 15.6.